The Morgan fingerprint density at radius 2 is 1.77 bits per heavy atom. The molecule has 4 fully saturated rings. The number of pyridine rings is 1. The number of likely N-dealkylation sites (tertiary alicyclic amines) is 1. The van der Waals surface area contributed by atoms with Crippen LogP contribution in [-0.4, -0.2) is 133 Å². The molecule has 0 radical (unpaired) electrons. The normalized spacial score (nSPS) is 19.1. The predicted molar refractivity (Wildman–Crippen MR) is 296 cm³/mol. The summed E-state index contributed by atoms with van der Waals surface area (Å²) in [6.07, 6.45) is 7.49. The van der Waals surface area contributed by atoms with E-state index >= 15 is 4.39 Å². The highest BCUT2D eigenvalue weighted by molar-refractivity contribution is 6.06. The summed E-state index contributed by atoms with van der Waals surface area (Å²) >= 11 is 0. The number of aromatic nitrogens is 6. The SMILES string of the molecule is CO[C@H](CO)Cn1nc2c(OCc3ccc(-c4cn([C@H](C(=O)N5CC(=O)C[C@H]5C(=O)N[C@@H](CO)c5ccc(-c6ccncc6F)cc5)C(C)C)nn4)cc3)c(-c3c(C)c(F)cc(N)c3C=N)c(C3CC3)cc2c1N1CC2C[C@H]1CN2. The Labute approximate surface area is 460 Å². The minimum absolute atomic E-state index is 0.0664. The molecule has 11 rings (SSSR count). The first kappa shape index (κ1) is 54.0. The molecule has 21 heteroatoms. The number of nitrogens with one attached hydrogen (secondary N) is 3. The number of hydrogen-bond donors (Lipinski definition) is 6. The molecule has 1 aliphatic carbocycles. The van der Waals surface area contributed by atoms with Crippen molar-refractivity contribution in [1.82, 2.24) is 45.3 Å². The highest BCUT2D eigenvalue weighted by Crippen LogP contribution is 2.54. The van der Waals surface area contributed by atoms with E-state index in [1.807, 2.05) is 42.8 Å². The number of methoxy groups -OCH3 is 1. The third-order valence-electron chi connectivity index (χ3n) is 16.2. The first-order chi connectivity index (χ1) is 38.7. The Morgan fingerprint density at radius 3 is 2.42 bits per heavy atom. The van der Waals surface area contributed by atoms with Gasteiger partial charge in [0.1, 0.15) is 47.4 Å². The van der Waals surface area contributed by atoms with E-state index < -0.39 is 54.3 Å². The summed E-state index contributed by atoms with van der Waals surface area (Å²) < 4.78 is 46.4. The van der Waals surface area contributed by atoms with Gasteiger partial charge < -0.3 is 51.3 Å². The molecule has 2 bridgehead atoms. The minimum atomic E-state index is -1.14. The van der Waals surface area contributed by atoms with E-state index in [1.165, 1.54) is 21.8 Å². The monoisotopic (exact) mass is 1090 g/mol. The van der Waals surface area contributed by atoms with Crippen LogP contribution in [0.3, 0.4) is 0 Å². The zero-order valence-electron chi connectivity index (χ0n) is 44.9. The van der Waals surface area contributed by atoms with Crippen LogP contribution in [0.15, 0.2) is 85.3 Å². The maximum absolute atomic E-state index is 15.9. The van der Waals surface area contributed by atoms with Crippen molar-refractivity contribution < 1.29 is 42.9 Å². The zero-order chi connectivity index (χ0) is 56.1. The van der Waals surface area contributed by atoms with Gasteiger partial charge >= 0.3 is 0 Å². The summed E-state index contributed by atoms with van der Waals surface area (Å²) in [7, 11) is 1.56. The minimum Gasteiger partial charge on any atom is -0.486 e. The van der Waals surface area contributed by atoms with Crippen LogP contribution in [0.4, 0.5) is 20.3 Å². The fourth-order valence-electron chi connectivity index (χ4n) is 11.8. The lowest BCUT2D eigenvalue weighted by molar-refractivity contribution is -0.143. The van der Waals surface area contributed by atoms with Crippen molar-refractivity contribution in [2.24, 2.45) is 5.92 Å². The van der Waals surface area contributed by atoms with E-state index in [0.29, 0.717) is 67.5 Å². The number of rotatable bonds is 20. The second kappa shape index (κ2) is 22.3. The number of ketones is 1. The summed E-state index contributed by atoms with van der Waals surface area (Å²) in [5, 5.41) is 50.6. The van der Waals surface area contributed by atoms with Crippen LogP contribution in [0.5, 0.6) is 5.75 Å². The maximum atomic E-state index is 15.9. The average Bonchev–Trinajstić information content (AvgIpc) is 3.90. The lowest BCUT2D eigenvalue weighted by Crippen LogP contribution is -2.50. The quantitative estimate of drug-likeness (QED) is 0.0356. The molecular formula is C59H64F2N12O7. The number of piperazine rings is 1. The second-order valence-corrected chi connectivity index (χ2v) is 21.7. The third kappa shape index (κ3) is 10.2. The molecule has 80 heavy (non-hydrogen) atoms. The number of carbonyl (C=O) groups excluding carboxylic acids is 3. The number of carbonyl (C=O) groups is 3. The van der Waals surface area contributed by atoms with Crippen molar-refractivity contribution in [2.45, 2.75) is 102 Å². The molecular weight excluding hydrogens is 1030 g/mol. The number of amides is 2. The molecule has 6 atom stereocenters. The van der Waals surface area contributed by atoms with Crippen molar-refractivity contribution in [3.8, 4) is 39.3 Å². The summed E-state index contributed by atoms with van der Waals surface area (Å²) in [6.45, 7) is 6.33. The lowest BCUT2D eigenvalue weighted by atomic mass is 9.87. The molecule has 0 spiro atoms. The molecule has 3 aromatic heterocycles. The second-order valence-electron chi connectivity index (χ2n) is 21.7. The van der Waals surface area contributed by atoms with Gasteiger partial charge in [-0.2, -0.15) is 5.10 Å². The number of ether oxygens (including phenoxy) is 2. The molecule has 4 aromatic carbocycles. The van der Waals surface area contributed by atoms with Gasteiger partial charge in [0, 0.05) is 90.0 Å². The molecule has 19 nitrogen and oxygen atoms in total. The molecule has 6 heterocycles. The van der Waals surface area contributed by atoms with E-state index in [1.54, 1.807) is 50.6 Å². The van der Waals surface area contributed by atoms with Gasteiger partial charge in [-0.25, -0.2) is 18.1 Å². The van der Waals surface area contributed by atoms with Gasteiger partial charge in [-0.3, -0.25) is 19.4 Å². The Balaban J connectivity index is 0.863. The van der Waals surface area contributed by atoms with Gasteiger partial charge in [0.05, 0.1) is 50.8 Å². The number of nitrogens with zero attached hydrogens (tertiary/aromatic N) is 8. The van der Waals surface area contributed by atoms with Crippen LogP contribution in [-0.2, 0) is 32.3 Å². The molecule has 2 amide bonds. The van der Waals surface area contributed by atoms with Gasteiger partial charge in [-0.1, -0.05) is 67.6 Å². The Kier molecular flexibility index (Phi) is 15.0. The van der Waals surface area contributed by atoms with Gasteiger partial charge in [0.25, 0.3) is 0 Å². The van der Waals surface area contributed by atoms with E-state index in [4.69, 9.17) is 25.7 Å². The molecule has 7 N–H and O–H groups in total. The number of fused-ring (bicyclic) bond motifs is 3. The molecule has 4 aliphatic rings. The van der Waals surface area contributed by atoms with Crippen molar-refractivity contribution in [3.63, 3.8) is 0 Å². The van der Waals surface area contributed by atoms with Crippen LogP contribution in [0.25, 0.3) is 44.4 Å². The molecule has 7 aromatic rings. The van der Waals surface area contributed by atoms with Crippen molar-refractivity contribution in [1.29, 1.82) is 5.41 Å². The molecule has 3 saturated heterocycles. The molecule has 3 aliphatic heterocycles. The van der Waals surface area contributed by atoms with Gasteiger partial charge in [0.15, 0.2) is 11.5 Å². The zero-order valence-corrected chi connectivity index (χ0v) is 44.9. The number of hydrogen-bond acceptors (Lipinski definition) is 15. The van der Waals surface area contributed by atoms with Crippen LogP contribution in [0, 0.1) is 29.9 Å². The number of nitrogen functional groups attached to an aromatic ring is 1. The number of halogens is 2. The third-order valence-corrected chi connectivity index (χ3v) is 16.2. The van der Waals surface area contributed by atoms with Crippen LogP contribution >= 0.6 is 0 Å². The summed E-state index contributed by atoms with van der Waals surface area (Å²) in [6, 6.07) is 16.8. The van der Waals surface area contributed by atoms with Crippen LogP contribution in [0.1, 0.15) is 85.3 Å². The highest BCUT2D eigenvalue weighted by atomic mass is 19.1. The van der Waals surface area contributed by atoms with E-state index in [2.05, 4.69) is 36.9 Å². The molecule has 416 valence electrons. The Morgan fingerprint density at radius 1 is 1.01 bits per heavy atom. The van der Waals surface area contributed by atoms with E-state index in [9.17, 15) is 29.0 Å². The van der Waals surface area contributed by atoms with Crippen LogP contribution < -0.4 is 26.0 Å². The number of anilines is 2. The first-order valence-corrected chi connectivity index (χ1v) is 27.1. The van der Waals surface area contributed by atoms with Gasteiger partial charge in [0.2, 0.25) is 11.8 Å². The number of nitrogens with two attached hydrogens (primary N) is 1. The number of Topliss-reactive ketones (excluding diaryl/α,β-unsaturated/α-hetero) is 1. The average molecular weight is 1090 g/mol. The largest absolute Gasteiger partial charge is 0.486 e. The number of aliphatic hydroxyl groups excluding tert-OH is 2. The topological polar surface area (TPSA) is 252 Å². The Bertz CT molecular complexity index is 3510. The smallest absolute Gasteiger partial charge is 0.248 e. The molecule has 1 unspecified atom stereocenters. The van der Waals surface area contributed by atoms with Crippen molar-refractivity contribution in [3.05, 3.63) is 125 Å². The standard InChI is InChI=1S/C59H64F2N12O7/c1-31(2)55(59(78)71-25-40(76)18-51(71)57(77)66-50(29-75)37-13-11-34(12-14-37)42-15-16-64-23-47(42)61)72-27-49(67-69-72)36-7-5-33(6-8-36)30-80-56-53(52-32(3)46(60)20-48(63)45(52)21-62)43(35-9-10-35)19-44-54(56)68-73(26-41(28-74)79-4)58(44)70-24-38-17-39(70)22-65-38/h5-8,11-16,19-21,23,27,31,35,38-39,41,50-51,55,62,65,74-75H,9-10,17-18,22,24-26,28-30,63H2,1-4H3,(H,66,77)/t38?,39-,41-,50-,51-,55-/m0/s1. The van der Waals surface area contributed by atoms with E-state index in [-0.39, 0.29) is 62.1 Å². The van der Waals surface area contributed by atoms with Crippen molar-refractivity contribution in [2.75, 3.05) is 50.6 Å². The van der Waals surface area contributed by atoms with Gasteiger partial charge in [-0.05, 0) is 84.0 Å². The van der Waals surface area contributed by atoms with Crippen LogP contribution in [0.2, 0.25) is 0 Å². The first-order valence-electron chi connectivity index (χ1n) is 27.1. The summed E-state index contributed by atoms with van der Waals surface area (Å²) in [5.41, 5.74) is 13.3. The maximum Gasteiger partial charge on any atom is 0.248 e. The summed E-state index contributed by atoms with van der Waals surface area (Å²) in [4.78, 5) is 48.9. The number of benzene rings is 4. The fourth-order valence-corrected chi connectivity index (χ4v) is 11.8. The Hall–Kier alpha value is -7.98. The lowest BCUT2D eigenvalue weighted by Gasteiger charge is -2.31. The predicted octanol–water partition coefficient (Wildman–Crippen LogP) is 6.42. The van der Waals surface area contributed by atoms with Crippen molar-refractivity contribution >= 4 is 46.2 Å². The fraction of sp³-hybridized carbons (Fsp3) is 0.390. The summed E-state index contributed by atoms with van der Waals surface area (Å²) in [5.74, 6) is -1.26. The molecule has 1 saturated carbocycles. The highest BCUT2D eigenvalue weighted by Gasteiger charge is 2.44. The van der Waals surface area contributed by atoms with E-state index in [0.717, 1.165) is 67.1 Å². The number of aliphatic hydroxyl groups is 2. The van der Waals surface area contributed by atoms with Gasteiger partial charge in [-0.15, -0.1) is 5.10 Å².